The van der Waals surface area contributed by atoms with Crippen LogP contribution in [-0.4, -0.2) is 47.6 Å². The molecule has 1 atom stereocenters. The molecule has 23 heavy (non-hydrogen) atoms. The van der Waals surface area contributed by atoms with Gasteiger partial charge in [-0.1, -0.05) is 30.0 Å². The number of nitrogens with zero attached hydrogens (tertiary/aromatic N) is 2. The van der Waals surface area contributed by atoms with Gasteiger partial charge in [-0.2, -0.15) is 0 Å². The highest BCUT2D eigenvalue weighted by molar-refractivity contribution is 8.01. The van der Waals surface area contributed by atoms with Gasteiger partial charge in [0, 0.05) is 18.5 Å². The molecule has 2 rings (SSSR count). The number of carbonyl (C=O) groups is 2. The second kappa shape index (κ2) is 8.16. The van der Waals surface area contributed by atoms with Crippen molar-refractivity contribution in [3.63, 3.8) is 0 Å². The summed E-state index contributed by atoms with van der Waals surface area (Å²) in [5.41, 5.74) is 1.03. The summed E-state index contributed by atoms with van der Waals surface area (Å²) >= 11 is 2.82. The molecule has 3 N–H and O–H groups in total. The van der Waals surface area contributed by atoms with Crippen molar-refractivity contribution in [2.75, 3.05) is 24.7 Å². The maximum atomic E-state index is 12.2. The monoisotopic (exact) mass is 357 g/mol. The molecule has 0 saturated heterocycles. The summed E-state index contributed by atoms with van der Waals surface area (Å²) in [4.78, 5) is 24.0. The Morgan fingerprint density at radius 1 is 1.43 bits per heavy atom. The summed E-state index contributed by atoms with van der Waals surface area (Å²) in [5, 5.41) is 17.1. The zero-order chi connectivity index (χ0) is 16.8. The molecule has 0 aromatic carbocycles. The Balaban J connectivity index is 2.20. The van der Waals surface area contributed by atoms with Gasteiger partial charge in [0.05, 0.1) is 18.2 Å². The van der Waals surface area contributed by atoms with Crippen LogP contribution in [0.25, 0.3) is 0 Å². The van der Waals surface area contributed by atoms with Gasteiger partial charge in [0.2, 0.25) is 5.13 Å². The number of nitrogens with one attached hydrogen (secondary N) is 3. The zero-order valence-electron chi connectivity index (χ0n) is 13.1. The highest BCUT2D eigenvalue weighted by atomic mass is 32.2. The molecule has 0 fully saturated rings. The molecule has 0 radical (unpaired) electrons. The first-order valence-corrected chi connectivity index (χ1v) is 9.00. The van der Waals surface area contributed by atoms with E-state index in [0.717, 1.165) is 4.34 Å². The third-order valence-corrected chi connectivity index (χ3v) is 5.21. The van der Waals surface area contributed by atoms with Crippen LogP contribution in [0.3, 0.4) is 0 Å². The van der Waals surface area contributed by atoms with Crippen LogP contribution < -0.4 is 16.0 Å². The Morgan fingerprint density at radius 3 is 2.83 bits per heavy atom. The highest BCUT2D eigenvalue weighted by Crippen LogP contribution is 2.28. The number of aromatic nitrogens is 2. The number of ether oxygens (including phenoxy) is 1. The van der Waals surface area contributed by atoms with E-state index in [-0.39, 0.29) is 18.7 Å². The maximum Gasteiger partial charge on any atom is 0.337 e. The van der Waals surface area contributed by atoms with Crippen LogP contribution in [0.2, 0.25) is 0 Å². The summed E-state index contributed by atoms with van der Waals surface area (Å²) in [7, 11) is 1.77. The zero-order valence-corrected chi connectivity index (χ0v) is 14.8. The fraction of sp³-hybridized carbons (Fsp3) is 0.538. The lowest BCUT2D eigenvalue weighted by Gasteiger charge is -2.28. The molecule has 1 aliphatic rings. The van der Waals surface area contributed by atoms with E-state index in [1.807, 2.05) is 6.92 Å². The fourth-order valence-electron chi connectivity index (χ4n) is 2.08. The number of hydrogen-bond donors (Lipinski definition) is 3. The van der Waals surface area contributed by atoms with Gasteiger partial charge in [-0.15, -0.1) is 10.2 Å². The van der Waals surface area contributed by atoms with Gasteiger partial charge in [0.25, 0.3) is 0 Å². The molecule has 0 spiro atoms. The molecule has 8 nitrogen and oxygen atoms in total. The largest absolute Gasteiger partial charge is 0.463 e. The minimum absolute atomic E-state index is 0.287. The highest BCUT2D eigenvalue weighted by Gasteiger charge is 2.31. The minimum Gasteiger partial charge on any atom is -0.463 e. The number of anilines is 1. The van der Waals surface area contributed by atoms with Gasteiger partial charge in [0.1, 0.15) is 0 Å². The van der Waals surface area contributed by atoms with E-state index >= 15 is 0 Å². The molecule has 2 amide bonds. The van der Waals surface area contributed by atoms with Crippen molar-refractivity contribution in [2.45, 2.75) is 30.6 Å². The van der Waals surface area contributed by atoms with E-state index in [2.05, 4.69) is 26.1 Å². The third-order valence-electron chi connectivity index (χ3n) is 3.11. The van der Waals surface area contributed by atoms with Crippen LogP contribution in [0, 0.1) is 0 Å². The Bertz CT molecular complexity index is 617. The van der Waals surface area contributed by atoms with Gasteiger partial charge >= 0.3 is 12.0 Å². The van der Waals surface area contributed by atoms with Crippen LogP contribution in [0.4, 0.5) is 9.93 Å². The first kappa shape index (κ1) is 17.5. The number of carbonyl (C=O) groups excluding carboxylic acids is 2. The van der Waals surface area contributed by atoms with E-state index in [0.29, 0.717) is 28.6 Å². The van der Waals surface area contributed by atoms with E-state index < -0.39 is 5.97 Å². The van der Waals surface area contributed by atoms with Gasteiger partial charge in [-0.3, -0.25) is 0 Å². The Morgan fingerprint density at radius 2 is 2.22 bits per heavy atom. The van der Waals surface area contributed by atoms with Crippen molar-refractivity contribution >= 4 is 40.2 Å². The molecule has 1 unspecified atom stereocenters. The second-order valence-electron chi connectivity index (χ2n) is 4.58. The van der Waals surface area contributed by atoms with Crippen molar-refractivity contribution in [1.82, 2.24) is 20.8 Å². The van der Waals surface area contributed by atoms with Crippen molar-refractivity contribution in [2.24, 2.45) is 0 Å². The normalized spacial score (nSPS) is 17.5. The number of rotatable bonds is 7. The van der Waals surface area contributed by atoms with Crippen molar-refractivity contribution in [1.29, 1.82) is 0 Å². The lowest BCUT2D eigenvalue weighted by Crippen LogP contribution is -2.50. The summed E-state index contributed by atoms with van der Waals surface area (Å²) in [6, 6.07) is -0.658. The predicted octanol–water partition coefficient (Wildman–Crippen LogP) is 1.58. The van der Waals surface area contributed by atoms with Crippen LogP contribution in [0.5, 0.6) is 0 Å². The number of urea groups is 1. The predicted molar refractivity (Wildman–Crippen MR) is 89.6 cm³/mol. The lowest BCUT2D eigenvalue weighted by atomic mass is 10.0. The summed E-state index contributed by atoms with van der Waals surface area (Å²) in [6.07, 6.45) is 0.610. The van der Waals surface area contributed by atoms with Gasteiger partial charge in [-0.25, -0.2) is 9.59 Å². The molecule has 1 aromatic heterocycles. The maximum absolute atomic E-state index is 12.2. The van der Waals surface area contributed by atoms with Gasteiger partial charge in [-0.05, 0) is 13.3 Å². The SMILES string of the molecule is CCOC(=O)C1=C(CSc2nnc(NC)s2)NC(=O)NC1CC. The standard InChI is InChI=1S/C13H19N5O3S2/c1-4-7-9(10(19)21-5-2)8(16-11(20)15-7)6-22-13-18-17-12(14-3)23-13/h7H,4-6H2,1-3H3,(H,14,17)(H2,15,16,20). The molecule has 0 bridgehead atoms. The number of hydrogen-bond acceptors (Lipinski definition) is 8. The summed E-state index contributed by atoms with van der Waals surface area (Å²) < 4.78 is 5.88. The summed E-state index contributed by atoms with van der Waals surface area (Å²) in [5.74, 6) is 0.00628. The van der Waals surface area contributed by atoms with Crippen molar-refractivity contribution < 1.29 is 14.3 Å². The fourth-order valence-corrected chi connectivity index (χ4v) is 3.75. The molecular formula is C13H19N5O3S2. The number of esters is 1. The smallest absolute Gasteiger partial charge is 0.337 e. The summed E-state index contributed by atoms with van der Waals surface area (Å²) in [6.45, 7) is 3.95. The number of amides is 2. The Hall–Kier alpha value is -1.81. The quantitative estimate of drug-likeness (QED) is 0.502. The van der Waals surface area contributed by atoms with Gasteiger partial charge in [0.15, 0.2) is 4.34 Å². The number of thioether (sulfide) groups is 1. The molecule has 2 heterocycles. The van der Waals surface area contributed by atoms with Crippen LogP contribution in [0.15, 0.2) is 15.6 Å². The molecule has 0 aliphatic carbocycles. The molecular weight excluding hydrogens is 338 g/mol. The van der Waals surface area contributed by atoms with E-state index in [9.17, 15) is 9.59 Å². The first-order chi connectivity index (χ1) is 11.1. The van der Waals surface area contributed by atoms with E-state index in [4.69, 9.17) is 4.74 Å². The van der Waals surface area contributed by atoms with Crippen LogP contribution in [-0.2, 0) is 9.53 Å². The minimum atomic E-state index is -0.407. The van der Waals surface area contributed by atoms with Crippen LogP contribution >= 0.6 is 23.1 Å². The molecule has 1 aromatic rings. The Labute approximate surface area is 142 Å². The molecule has 0 saturated carbocycles. The van der Waals surface area contributed by atoms with Gasteiger partial charge < -0.3 is 20.7 Å². The van der Waals surface area contributed by atoms with E-state index in [1.165, 1.54) is 23.1 Å². The average molecular weight is 357 g/mol. The van der Waals surface area contributed by atoms with Crippen molar-refractivity contribution in [3.05, 3.63) is 11.3 Å². The first-order valence-electron chi connectivity index (χ1n) is 7.20. The lowest BCUT2D eigenvalue weighted by molar-refractivity contribution is -0.139. The Kier molecular flexibility index (Phi) is 6.22. The molecule has 126 valence electrons. The average Bonchev–Trinajstić information content (AvgIpc) is 3.00. The topological polar surface area (TPSA) is 105 Å². The molecule has 10 heteroatoms. The van der Waals surface area contributed by atoms with E-state index in [1.54, 1.807) is 14.0 Å². The molecule has 1 aliphatic heterocycles. The second-order valence-corrected chi connectivity index (χ2v) is 6.78. The van der Waals surface area contributed by atoms with Crippen molar-refractivity contribution in [3.8, 4) is 0 Å². The van der Waals surface area contributed by atoms with Crippen LogP contribution in [0.1, 0.15) is 20.3 Å². The third kappa shape index (κ3) is 4.35.